The van der Waals surface area contributed by atoms with Crippen LogP contribution in [0.25, 0.3) is 0 Å². The van der Waals surface area contributed by atoms with Gasteiger partial charge in [-0.25, -0.2) is 0 Å². The molecule has 2 N–H and O–H groups in total. The topological polar surface area (TPSA) is 45.7 Å². The van der Waals surface area contributed by atoms with Crippen LogP contribution >= 0.6 is 24.0 Å². The van der Waals surface area contributed by atoms with Crippen molar-refractivity contribution >= 4 is 29.9 Å². The van der Waals surface area contributed by atoms with Gasteiger partial charge in [0.15, 0.2) is 12.6 Å². The molecule has 27 heavy (non-hydrogen) atoms. The number of aryl methyl sites for hydroxylation is 1. The Morgan fingerprint density at radius 1 is 1.04 bits per heavy atom. The van der Waals surface area contributed by atoms with Gasteiger partial charge in [0.2, 0.25) is 0 Å². The number of ether oxygens (including phenoxy) is 1. The maximum absolute atomic E-state index is 12.2. The summed E-state index contributed by atoms with van der Waals surface area (Å²) in [5, 5.41) is 6.35. The molecule has 0 aliphatic heterocycles. The molecule has 148 valence electrons. The second-order valence-electron chi connectivity index (χ2n) is 5.76. The van der Waals surface area contributed by atoms with Gasteiger partial charge in [0.05, 0.1) is 0 Å². The third-order valence-electron chi connectivity index (χ3n) is 3.69. The molecule has 0 radical (unpaired) electrons. The average Bonchev–Trinajstić information content (AvgIpc) is 2.61. The van der Waals surface area contributed by atoms with Crippen LogP contribution in [-0.4, -0.2) is 25.8 Å². The highest BCUT2D eigenvalue weighted by molar-refractivity contribution is 14.0. The van der Waals surface area contributed by atoms with E-state index in [1.165, 1.54) is 11.6 Å². The number of alkyl halides is 3. The Morgan fingerprint density at radius 3 is 2.41 bits per heavy atom. The van der Waals surface area contributed by atoms with E-state index in [1.54, 1.807) is 19.2 Å². The third kappa shape index (κ3) is 8.51. The summed E-state index contributed by atoms with van der Waals surface area (Å²) >= 11 is 0. The molecule has 0 unspecified atom stereocenters. The van der Waals surface area contributed by atoms with Gasteiger partial charge in [-0.1, -0.05) is 36.4 Å². The van der Waals surface area contributed by atoms with Gasteiger partial charge in [-0.15, -0.1) is 24.0 Å². The van der Waals surface area contributed by atoms with Crippen LogP contribution in [0.15, 0.2) is 53.5 Å². The Bertz CT molecular complexity index is 751. The van der Waals surface area contributed by atoms with Crippen LogP contribution in [0.2, 0.25) is 0 Å². The second kappa shape index (κ2) is 11.0. The molecule has 0 saturated carbocycles. The molecule has 0 aliphatic carbocycles. The first-order valence-electron chi connectivity index (χ1n) is 8.15. The van der Waals surface area contributed by atoms with Crippen molar-refractivity contribution in [1.29, 1.82) is 0 Å². The van der Waals surface area contributed by atoms with Crippen molar-refractivity contribution in [1.82, 2.24) is 10.6 Å². The van der Waals surface area contributed by atoms with E-state index in [0.29, 0.717) is 19.0 Å². The Kier molecular flexibility index (Phi) is 9.40. The molecule has 0 atom stereocenters. The number of guanidine groups is 1. The number of nitrogens with zero attached hydrogens (tertiary/aromatic N) is 1. The molecule has 2 aromatic rings. The first kappa shape index (κ1) is 23.1. The van der Waals surface area contributed by atoms with E-state index in [4.69, 9.17) is 4.74 Å². The summed E-state index contributed by atoms with van der Waals surface area (Å²) in [5.74, 6) is 0.791. The molecule has 0 fully saturated rings. The minimum Gasteiger partial charge on any atom is -0.484 e. The van der Waals surface area contributed by atoms with Crippen molar-refractivity contribution in [2.75, 3.05) is 13.7 Å². The lowest BCUT2D eigenvalue weighted by Gasteiger charge is -2.14. The summed E-state index contributed by atoms with van der Waals surface area (Å²) in [6.45, 7) is 1.78. The average molecular weight is 493 g/mol. The van der Waals surface area contributed by atoms with E-state index in [0.717, 1.165) is 11.1 Å². The summed E-state index contributed by atoms with van der Waals surface area (Å²) in [7, 11) is 1.66. The molecule has 2 aromatic carbocycles. The predicted octanol–water partition coefficient (Wildman–Crippen LogP) is 4.42. The van der Waals surface area contributed by atoms with Gasteiger partial charge >= 0.3 is 6.18 Å². The van der Waals surface area contributed by atoms with Crippen molar-refractivity contribution < 1.29 is 17.9 Å². The first-order chi connectivity index (χ1) is 12.4. The summed E-state index contributed by atoms with van der Waals surface area (Å²) < 4.78 is 41.5. The first-order valence-corrected chi connectivity index (χ1v) is 8.15. The molecule has 0 bridgehead atoms. The summed E-state index contributed by atoms with van der Waals surface area (Å²) in [5.41, 5.74) is 3.14. The number of hydrogen-bond acceptors (Lipinski definition) is 2. The number of nitrogens with one attached hydrogen (secondary N) is 2. The summed E-state index contributed by atoms with van der Waals surface area (Å²) in [6.07, 6.45) is -4.35. The zero-order valence-corrected chi connectivity index (χ0v) is 17.5. The molecule has 0 amide bonds. The molecule has 0 saturated heterocycles. The van der Waals surface area contributed by atoms with E-state index >= 15 is 0 Å². The van der Waals surface area contributed by atoms with Gasteiger partial charge in [0.1, 0.15) is 5.75 Å². The van der Waals surface area contributed by atoms with E-state index in [2.05, 4.69) is 15.6 Å². The number of hydrogen-bond donors (Lipinski definition) is 2. The van der Waals surface area contributed by atoms with E-state index in [1.807, 2.05) is 37.3 Å². The highest BCUT2D eigenvalue weighted by atomic mass is 127. The van der Waals surface area contributed by atoms with Crippen LogP contribution in [0.5, 0.6) is 5.75 Å². The Morgan fingerprint density at radius 2 is 1.74 bits per heavy atom. The standard InChI is InChI=1S/C19H22F3N3O.HI/c1-14-6-3-4-8-16(14)12-25-18(23-2)24-11-15-7-5-9-17(10-15)26-13-19(20,21)22;/h3-10H,11-13H2,1-2H3,(H2,23,24,25);1H. The van der Waals surface area contributed by atoms with Crippen LogP contribution in [0.1, 0.15) is 16.7 Å². The number of rotatable bonds is 6. The maximum Gasteiger partial charge on any atom is 0.422 e. The van der Waals surface area contributed by atoms with E-state index in [-0.39, 0.29) is 29.7 Å². The van der Waals surface area contributed by atoms with Crippen LogP contribution in [-0.2, 0) is 13.1 Å². The van der Waals surface area contributed by atoms with Gasteiger partial charge in [-0.2, -0.15) is 13.2 Å². The Labute approximate surface area is 174 Å². The summed E-state index contributed by atoms with van der Waals surface area (Å²) in [4.78, 5) is 4.15. The quantitative estimate of drug-likeness (QED) is 0.356. The number of aliphatic imine (C=N–C) groups is 1. The number of halogens is 4. The van der Waals surface area contributed by atoms with Gasteiger partial charge in [0, 0.05) is 20.1 Å². The number of benzene rings is 2. The highest BCUT2D eigenvalue weighted by Gasteiger charge is 2.28. The smallest absolute Gasteiger partial charge is 0.422 e. The van der Waals surface area contributed by atoms with Gasteiger partial charge in [0.25, 0.3) is 0 Å². The molecule has 0 aliphatic rings. The molecule has 2 rings (SSSR count). The van der Waals surface area contributed by atoms with Crippen molar-refractivity contribution in [2.45, 2.75) is 26.2 Å². The fourth-order valence-corrected chi connectivity index (χ4v) is 2.30. The largest absolute Gasteiger partial charge is 0.484 e. The minimum atomic E-state index is -4.35. The normalized spacial score (nSPS) is 11.5. The molecule has 0 aromatic heterocycles. The molecule has 0 spiro atoms. The second-order valence-corrected chi connectivity index (χ2v) is 5.76. The van der Waals surface area contributed by atoms with Gasteiger partial charge in [-0.05, 0) is 35.7 Å². The lowest BCUT2D eigenvalue weighted by molar-refractivity contribution is -0.153. The van der Waals surface area contributed by atoms with Crippen molar-refractivity contribution in [3.05, 3.63) is 65.2 Å². The monoisotopic (exact) mass is 493 g/mol. The maximum atomic E-state index is 12.2. The van der Waals surface area contributed by atoms with E-state index in [9.17, 15) is 13.2 Å². The fourth-order valence-electron chi connectivity index (χ4n) is 2.30. The van der Waals surface area contributed by atoms with Gasteiger partial charge < -0.3 is 15.4 Å². The highest BCUT2D eigenvalue weighted by Crippen LogP contribution is 2.19. The van der Waals surface area contributed by atoms with Crippen LogP contribution in [0.3, 0.4) is 0 Å². The lowest BCUT2D eigenvalue weighted by Crippen LogP contribution is -2.36. The SMILES string of the molecule is CN=C(NCc1cccc(OCC(F)(F)F)c1)NCc1ccccc1C.I. The minimum absolute atomic E-state index is 0. The lowest BCUT2D eigenvalue weighted by atomic mass is 10.1. The molecular formula is C19H23F3IN3O. The molecule has 0 heterocycles. The van der Waals surface area contributed by atoms with E-state index < -0.39 is 12.8 Å². The van der Waals surface area contributed by atoms with Crippen LogP contribution < -0.4 is 15.4 Å². The molecular weight excluding hydrogens is 470 g/mol. The van der Waals surface area contributed by atoms with Crippen LogP contribution in [0, 0.1) is 6.92 Å². The molecule has 8 heteroatoms. The van der Waals surface area contributed by atoms with Crippen molar-refractivity contribution in [3.63, 3.8) is 0 Å². The predicted molar refractivity (Wildman–Crippen MR) is 112 cm³/mol. The zero-order valence-electron chi connectivity index (χ0n) is 15.1. The zero-order chi connectivity index (χ0) is 19.0. The van der Waals surface area contributed by atoms with Crippen LogP contribution in [0.4, 0.5) is 13.2 Å². The fraction of sp³-hybridized carbons (Fsp3) is 0.316. The third-order valence-corrected chi connectivity index (χ3v) is 3.69. The Hall–Kier alpha value is -1.97. The Balaban J connectivity index is 0.00000364. The van der Waals surface area contributed by atoms with Crippen molar-refractivity contribution in [2.24, 2.45) is 4.99 Å². The molecule has 4 nitrogen and oxygen atoms in total. The van der Waals surface area contributed by atoms with Crippen molar-refractivity contribution in [3.8, 4) is 5.75 Å². The van der Waals surface area contributed by atoms with Gasteiger partial charge in [-0.3, -0.25) is 4.99 Å². The summed E-state index contributed by atoms with van der Waals surface area (Å²) in [6, 6.07) is 14.6.